The van der Waals surface area contributed by atoms with Crippen molar-refractivity contribution < 1.29 is 19.0 Å². The van der Waals surface area contributed by atoms with Gasteiger partial charge in [-0.05, 0) is 6.07 Å². The lowest BCUT2D eigenvalue weighted by atomic mass is 10.1. The molecule has 19 heavy (non-hydrogen) atoms. The number of methoxy groups -OCH3 is 3. The van der Waals surface area contributed by atoms with Gasteiger partial charge in [-0.1, -0.05) is 0 Å². The zero-order valence-electron chi connectivity index (χ0n) is 10.9. The number of hydrogen-bond donors (Lipinski definition) is 1. The Balaban J connectivity index is 2.77. The van der Waals surface area contributed by atoms with Crippen molar-refractivity contribution in [3.8, 4) is 11.5 Å². The van der Waals surface area contributed by atoms with Crippen molar-refractivity contribution >= 4 is 22.6 Å². The van der Waals surface area contributed by atoms with Gasteiger partial charge in [0.2, 0.25) is 0 Å². The number of benzene rings is 1. The summed E-state index contributed by atoms with van der Waals surface area (Å²) >= 11 is 0. The fraction of sp³-hybridized carbons (Fsp3) is 0.231. The lowest BCUT2D eigenvalue weighted by Gasteiger charge is -2.11. The average Bonchev–Trinajstić information content (AvgIpc) is 2.46. The van der Waals surface area contributed by atoms with E-state index in [9.17, 15) is 4.79 Å². The fourth-order valence-corrected chi connectivity index (χ4v) is 1.81. The van der Waals surface area contributed by atoms with E-state index >= 15 is 0 Å². The van der Waals surface area contributed by atoms with Gasteiger partial charge in [0.25, 0.3) is 0 Å². The van der Waals surface area contributed by atoms with E-state index in [0.29, 0.717) is 22.4 Å². The van der Waals surface area contributed by atoms with Crippen LogP contribution in [0.4, 0.5) is 5.69 Å². The summed E-state index contributed by atoms with van der Waals surface area (Å²) in [6.07, 6.45) is 1.37. The highest BCUT2D eigenvalue weighted by Crippen LogP contribution is 2.34. The molecule has 0 amide bonds. The van der Waals surface area contributed by atoms with E-state index in [-0.39, 0.29) is 11.3 Å². The number of nitrogens with two attached hydrogens (primary N) is 1. The number of nitrogen functional groups attached to an aromatic ring is 1. The third-order valence-electron chi connectivity index (χ3n) is 2.81. The molecule has 0 aliphatic rings. The lowest BCUT2D eigenvalue weighted by molar-refractivity contribution is 0.0601. The Hall–Kier alpha value is -2.50. The molecule has 100 valence electrons. The Morgan fingerprint density at radius 1 is 1.21 bits per heavy atom. The smallest absolute Gasteiger partial charge is 0.341 e. The molecule has 1 aromatic heterocycles. The first-order valence-corrected chi connectivity index (χ1v) is 5.51. The number of hydrogen-bond acceptors (Lipinski definition) is 6. The SMILES string of the molecule is COC(=O)c1cnc2c(OC)cc(OC)cc2c1N. The van der Waals surface area contributed by atoms with E-state index in [2.05, 4.69) is 9.72 Å². The summed E-state index contributed by atoms with van der Waals surface area (Å²) in [7, 11) is 4.35. The number of esters is 1. The molecule has 2 aromatic rings. The number of fused-ring (bicyclic) bond motifs is 1. The van der Waals surface area contributed by atoms with Gasteiger partial charge >= 0.3 is 5.97 Å². The van der Waals surface area contributed by atoms with E-state index in [1.54, 1.807) is 12.1 Å². The van der Waals surface area contributed by atoms with Crippen molar-refractivity contribution in [3.63, 3.8) is 0 Å². The molecule has 0 fully saturated rings. The molecule has 0 aliphatic carbocycles. The van der Waals surface area contributed by atoms with Crippen molar-refractivity contribution in [1.82, 2.24) is 4.98 Å². The average molecular weight is 262 g/mol. The summed E-state index contributed by atoms with van der Waals surface area (Å²) in [6.45, 7) is 0. The van der Waals surface area contributed by atoms with Gasteiger partial charge in [-0.3, -0.25) is 4.98 Å². The summed E-state index contributed by atoms with van der Waals surface area (Å²) in [5.74, 6) is 0.561. The molecule has 6 nitrogen and oxygen atoms in total. The van der Waals surface area contributed by atoms with Crippen LogP contribution in [0, 0.1) is 0 Å². The molecule has 0 atom stereocenters. The number of rotatable bonds is 3. The van der Waals surface area contributed by atoms with E-state index in [4.69, 9.17) is 15.2 Å². The highest BCUT2D eigenvalue weighted by Gasteiger charge is 2.16. The predicted molar refractivity (Wildman–Crippen MR) is 70.6 cm³/mol. The Labute approximate surface area is 110 Å². The number of anilines is 1. The van der Waals surface area contributed by atoms with Crippen molar-refractivity contribution in [2.45, 2.75) is 0 Å². The zero-order valence-corrected chi connectivity index (χ0v) is 10.9. The molecule has 2 rings (SSSR count). The fourth-order valence-electron chi connectivity index (χ4n) is 1.81. The molecule has 2 N–H and O–H groups in total. The van der Waals surface area contributed by atoms with Crippen LogP contribution in [-0.2, 0) is 4.74 Å². The van der Waals surface area contributed by atoms with Crippen LogP contribution >= 0.6 is 0 Å². The van der Waals surface area contributed by atoms with Crippen molar-refractivity contribution in [1.29, 1.82) is 0 Å². The largest absolute Gasteiger partial charge is 0.497 e. The molecule has 0 bridgehead atoms. The first-order valence-electron chi connectivity index (χ1n) is 5.51. The van der Waals surface area contributed by atoms with Crippen molar-refractivity contribution in [2.75, 3.05) is 27.1 Å². The van der Waals surface area contributed by atoms with E-state index in [0.717, 1.165) is 0 Å². The van der Waals surface area contributed by atoms with Crippen molar-refractivity contribution in [3.05, 3.63) is 23.9 Å². The Morgan fingerprint density at radius 3 is 2.53 bits per heavy atom. The number of pyridine rings is 1. The van der Waals surface area contributed by atoms with Gasteiger partial charge in [-0.15, -0.1) is 0 Å². The van der Waals surface area contributed by atoms with Gasteiger partial charge in [0.1, 0.15) is 22.6 Å². The second kappa shape index (κ2) is 5.01. The normalized spacial score (nSPS) is 10.3. The van der Waals surface area contributed by atoms with Gasteiger partial charge < -0.3 is 19.9 Å². The standard InChI is InChI=1S/C13H14N2O4/c1-17-7-4-8-11(14)9(13(16)19-3)6-15-12(8)10(5-7)18-2/h4-6H,1-3H3,(H2,14,15). The summed E-state index contributed by atoms with van der Waals surface area (Å²) in [5, 5.41) is 0.582. The van der Waals surface area contributed by atoms with E-state index in [1.165, 1.54) is 27.5 Å². The Kier molecular flexibility index (Phi) is 3.41. The molecule has 1 aromatic carbocycles. The zero-order chi connectivity index (χ0) is 14.0. The van der Waals surface area contributed by atoms with Crippen LogP contribution in [0.1, 0.15) is 10.4 Å². The van der Waals surface area contributed by atoms with E-state index < -0.39 is 5.97 Å². The van der Waals surface area contributed by atoms with Crippen LogP contribution in [0.3, 0.4) is 0 Å². The maximum absolute atomic E-state index is 11.6. The van der Waals surface area contributed by atoms with Crippen LogP contribution in [0.5, 0.6) is 11.5 Å². The molecule has 0 unspecified atom stereocenters. The lowest BCUT2D eigenvalue weighted by Crippen LogP contribution is -2.07. The quantitative estimate of drug-likeness (QED) is 0.846. The first-order chi connectivity index (χ1) is 9.12. The van der Waals surface area contributed by atoms with Crippen LogP contribution in [0.2, 0.25) is 0 Å². The number of ether oxygens (including phenoxy) is 3. The second-order valence-electron chi connectivity index (χ2n) is 3.80. The molecule has 0 aliphatic heterocycles. The molecule has 0 radical (unpaired) electrons. The molecule has 6 heteroatoms. The van der Waals surface area contributed by atoms with Gasteiger partial charge in [-0.25, -0.2) is 4.79 Å². The van der Waals surface area contributed by atoms with Crippen LogP contribution < -0.4 is 15.2 Å². The summed E-state index contributed by atoms with van der Waals surface area (Å²) in [4.78, 5) is 15.8. The minimum Gasteiger partial charge on any atom is -0.497 e. The topological polar surface area (TPSA) is 83.7 Å². The number of carbonyl (C=O) groups is 1. The monoisotopic (exact) mass is 262 g/mol. The van der Waals surface area contributed by atoms with Crippen molar-refractivity contribution in [2.24, 2.45) is 0 Å². The van der Waals surface area contributed by atoms with E-state index in [1.807, 2.05) is 0 Å². The summed E-state index contributed by atoms with van der Waals surface area (Å²) in [6, 6.07) is 3.40. The Bertz CT molecular complexity index is 640. The Morgan fingerprint density at radius 2 is 1.95 bits per heavy atom. The van der Waals surface area contributed by atoms with Crippen LogP contribution in [0.15, 0.2) is 18.3 Å². The minimum atomic E-state index is -0.534. The maximum Gasteiger partial charge on any atom is 0.341 e. The number of aromatic nitrogens is 1. The molecular weight excluding hydrogens is 248 g/mol. The number of carbonyl (C=O) groups excluding carboxylic acids is 1. The highest BCUT2D eigenvalue weighted by atomic mass is 16.5. The molecular formula is C13H14N2O4. The van der Waals surface area contributed by atoms with Gasteiger partial charge in [0, 0.05) is 17.6 Å². The van der Waals surface area contributed by atoms with Crippen LogP contribution in [0.25, 0.3) is 10.9 Å². The molecule has 0 spiro atoms. The van der Waals surface area contributed by atoms with Gasteiger partial charge in [0.15, 0.2) is 0 Å². The summed E-state index contributed by atoms with van der Waals surface area (Å²) in [5.41, 5.74) is 7.05. The summed E-state index contributed by atoms with van der Waals surface area (Å²) < 4.78 is 15.1. The van der Waals surface area contributed by atoms with Gasteiger partial charge in [-0.2, -0.15) is 0 Å². The number of nitrogens with zero attached hydrogens (tertiary/aromatic N) is 1. The second-order valence-corrected chi connectivity index (χ2v) is 3.80. The third-order valence-corrected chi connectivity index (χ3v) is 2.81. The maximum atomic E-state index is 11.6. The minimum absolute atomic E-state index is 0.213. The molecule has 0 saturated carbocycles. The van der Waals surface area contributed by atoms with Crippen LogP contribution in [-0.4, -0.2) is 32.3 Å². The highest BCUT2D eigenvalue weighted by molar-refractivity contribution is 6.05. The molecule has 0 saturated heterocycles. The van der Waals surface area contributed by atoms with Gasteiger partial charge in [0.05, 0.1) is 27.0 Å². The third kappa shape index (κ3) is 2.12. The predicted octanol–water partition coefficient (Wildman–Crippen LogP) is 1.62. The first kappa shape index (κ1) is 12.9. The molecule has 1 heterocycles.